The van der Waals surface area contributed by atoms with Crippen molar-refractivity contribution in [3.63, 3.8) is 0 Å². The Kier molecular flexibility index (Phi) is 4.07. The van der Waals surface area contributed by atoms with E-state index in [1.165, 1.54) is 27.7 Å². The molecule has 0 fully saturated rings. The van der Waals surface area contributed by atoms with E-state index in [0.717, 1.165) is 0 Å². The first kappa shape index (κ1) is 14.9. The van der Waals surface area contributed by atoms with Crippen molar-refractivity contribution >= 4 is 11.9 Å². The Bertz CT molecular complexity index is 268. The summed E-state index contributed by atoms with van der Waals surface area (Å²) >= 11 is 0. The Morgan fingerprint density at radius 2 is 1.00 bits per heavy atom. The van der Waals surface area contributed by atoms with Crippen LogP contribution in [0.2, 0.25) is 0 Å². The van der Waals surface area contributed by atoms with E-state index in [1.807, 2.05) is 0 Å². The summed E-state index contributed by atoms with van der Waals surface area (Å²) < 4.78 is 0. The van der Waals surface area contributed by atoms with Crippen molar-refractivity contribution < 1.29 is 30.0 Å². The van der Waals surface area contributed by atoms with Crippen LogP contribution in [0.25, 0.3) is 0 Å². The van der Waals surface area contributed by atoms with E-state index >= 15 is 0 Å². The maximum Gasteiger partial charge on any atom is 0.339 e. The second kappa shape index (κ2) is 4.39. The summed E-state index contributed by atoms with van der Waals surface area (Å²) in [5.74, 6) is -5.40. The first-order chi connectivity index (χ1) is 7.02. The molecule has 2 atom stereocenters. The van der Waals surface area contributed by atoms with Crippen molar-refractivity contribution in [3.8, 4) is 0 Å². The van der Waals surface area contributed by atoms with Gasteiger partial charge >= 0.3 is 11.9 Å². The fraction of sp³-hybridized carbons (Fsp3) is 0.800. The molecule has 16 heavy (non-hydrogen) atoms. The van der Waals surface area contributed by atoms with Crippen LogP contribution in [0, 0.1) is 11.8 Å². The van der Waals surface area contributed by atoms with E-state index in [-0.39, 0.29) is 0 Å². The van der Waals surface area contributed by atoms with E-state index in [1.54, 1.807) is 0 Å². The highest BCUT2D eigenvalue weighted by Crippen LogP contribution is 2.36. The first-order valence-electron chi connectivity index (χ1n) is 4.94. The molecule has 0 heterocycles. The van der Waals surface area contributed by atoms with Crippen LogP contribution in [-0.2, 0) is 9.59 Å². The third-order valence-electron chi connectivity index (χ3n) is 2.90. The van der Waals surface area contributed by atoms with Crippen LogP contribution in [0.4, 0.5) is 0 Å². The first-order valence-corrected chi connectivity index (χ1v) is 4.94. The molecule has 0 saturated carbocycles. The Balaban J connectivity index is 5.84. The third-order valence-corrected chi connectivity index (χ3v) is 2.90. The number of hydrogen-bond donors (Lipinski definition) is 4. The van der Waals surface area contributed by atoms with Crippen molar-refractivity contribution in [2.45, 2.75) is 38.9 Å². The van der Waals surface area contributed by atoms with Crippen LogP contribution >= 0.6 is 0 Å². The van der Waals surface area contributed by atoms with Gasteiger partial charge in [0.15, 0.2) is 0 Å². The van der Waals surface area contributed by atoms with Crippen molar-refractivity contribution in [3.05, 3.63) is 0 Å². The van der Waals surface area contributed by atoms with E-state index in [9.17, 15) is 19.8 Å². The lowest BCUT2D eigenvalue weighted by Crippen LogP contribution is -2.68. The standard InChI is InChI=1S/C10H18O6/c1-5(2)9(15,7(11)12)10(16,6(3)4)8(13)14/h5-6,15-16H,1-4H3,(H,11,12)(H,13,14)/t9-,10-/m0/s1. The summed E-state index contributed by atoms with van der Waals surface area (Å²) in [4.78, 5) is 22.1. The maximum atomic E-state index is 11.0. The lowest BCUT2D eigenvalue weighted by molar-refractivity contribution is -0.225. The molecule has 0 aromatic heterocycles. The van der Waals surface area contributed by atoms with Crippen molar-refractivity contribution in [1.82, 2.24) is 0 Å². The quantitative estimate of drug-likeness (QED) is 0.529. The molecule has 0 aliphatic heterocycles. The SMILES string of the molecule is CC(C)[C@](O)(C(=O)O)[C@@](O)(C(=O)O)C(C)C. The highest BCUT2D eigenvalue weighted by atomic mass is 16.5. The molecule has 0 spiro atoms. The molecular formula is C10H18O6. The summed E-state index contributed by atoms with van der Waals surface area (Å²) in [6, 6.07) is 0. The normalized spacial score (nSPS) is 19.2. The van der Waals surface area contributed by atoms with E-state index < -0.39 is 35.0 Å². The average Bonchev–Trinajstić information content (AvgIpc) is 2.13. The lowest BCUT2D eigenvalue weighted by Gasteiger charge is -2.42. The molecule has 0 bridgehead atoms. The van der Waals surface area contributed by atoms with Crippen LogP contribution in [-0.4, -0.2) is 43.6 Å². The van der Waals surface area contributed by atoms with Gasteiger partial charge in [-0.05, 0) is 11.8 Å². The minimum atomic E-state index is -2.73. The van der Waals surface area contributed by atoms with Crippen LogP contribution in [0.1, 0.15) is 27.7 Å². The Hall–Kier alpha value is -1.14. The van der Waals surface area contributed by atoms with Crippen LogP contribution in [0.3, 0.4) is 0 Å². The Morgan fingerprint density at radius 3 is 1.06 bits per heavy atom. The smallest absolute Gasteiger partial charge is 0.339 e. The molecule has 0 aliphatic rings. The zero-order valence-corrected chi connectivity index (χ0v) is 9.76. The van der Waals surface area contributed by atoms with Crippen molar-refractivity contribution in [1.29, 1.82) is 0 Å². The van der Waals surface area contributed by atoms with Gasteiger partial charge in [-0.15, -0.1) is 0 Å². The molecule has 0 amide bonds. The second-order valence-electron chi connectivity index (χ2n) is 4.45. The van der Waals surface area contributed by atoms with E-state index in [0.29, 0.717) is 0 Å². The molecule has 0 aromatic rings. The summed E-state index contributed by atoms with van der Waals surface area (Å²) in [5.41, 5.74) is -5.46. The number of aliphatic carboxylic acids is 2. The number of carboxylic acids is 2. The monoisotopic (exact) mass is 234 g/mol. The summed E-state index contributed by atoms with van der Waals surface area (Å²) in [6.07, 6.45) is 0. The average molecular weight is 234 g/mol. The fourth-order valence-corrected chi connectivity index (χ4v) is 1.70. The van der Waals surface area contributed by atoms with Gasteiger partial charge in [0.2, 0.25) is 11.2 Å². The fourth-order valence-electron chi connectivity index (χ4n) is 1.70. The van der Waals surface area contributed by atoms with Gasteiger partial charge in [0, 0.05) is 0 Å². The second-order valence-corrected chi connectivity index (χ2v) is 4.45. The molecule has 4 N–H and O–H groups in total. The van der Waals surface area contributed by atoms with Crippen LogP contribution < -0.4 is 0 Å². The van der Waals surface area contributed by atoms with Gasteiger partial charge in [0.25, 0.3) is 0 Å². The summed E-state index contributed by atoms with van der Waals surface area (Å²) in [5, 5.41) is 37.9. The summed E-state index contributed by atoms with van der Waals surface area (Å²) in [6.45, 7) is 5.35. The zero-order valence-electron chi connectivity index (χ0n) is 9.76. The predicted molar refractivity (Wildman–Crippen MR) is 54.8 cm³/mol. The lowest BCUT2D eigenvalue weighted by atomic mass is 9.69. The molecule has 0 unspecified atom stereocenters. The maximum absolute atomic E-state index is 11.0. The molecule has 0 aliphatic carbocycles. The van der Waals surface area contributed by atoms with Crippen LogP contribution in [0.15, 0.2) is 0 Å². The van der Waals surface area contributed by atoms with Gasteiger partial charge in [-0.3, -0.25) is 0 Å². The Morgan fingerprint density at radius 1 is 0.812 bits per heavy atom. The molecule has 0 rings (SSSR count). The van der Waals surface area contributed by atoms with Gasteiger partial charge in [-0.2, -0.15) is 0 Å². The Labute approximate surface area is 93.5 Å². The number of hydrogen-bond acceptors (Lipinski definition) is 4. The van der Waals surface area contributed by atoms with Gasteiger partial charge in [-0.25, -0.2) is 9.59 Å². The molecule has 6 nitrogen and oxygen atoms in total. The highest BCUT2D eigenvalue weighted by molar-refractivity contribution is 5.91. The number of rotatable bonds is 5. The molecule has 0 aromatic carbocycles. The van der Waals surface area contributed by atoms with E-state index in [4.69, 9.17) is 10.2 Å². The predicted octanol–water partition coefficient (Wildman–Crippen LogP) is -0.0702. The molecule has 6 heteroatoms. The molecule has 94 valence electrons. The number of carbonyl (C=O) groups is 2. The molecule has 0 radical (unpaired) electrons. The minimum Gasteiger partial charge on any atom is -0.479 e. The van der Waals surface area contributed by atoms with Crippen molar-refractivity contribution in [2.24, 2.45) is 11.8 Å². The topological polar surface area (TPSA) is 115 Å². The largest absolute Gasteiger partial charge is 0.479 e. The highest BCUT2D eigenvalue weighted by Gasteiger charge is 2.63. The minimum absolute atomic E-state index is 0.950. The number of carboxylic acid groups (broad SMARTS) is 2. The third kappa shape index (κ3) is 1.78. The number of aliphatic hydroxyl groups is 2. The zero-order chi connectivity index (χ0) is 13.3. The van der Waals surface area contributed by atoms with Crippen LogP contribution in [0.5, 0.6) is 0 Å². The van der Waals surface area contributed by atoms with Gasteiger partial charge in [0.05, 0.1) is 0 Å². The van der Waals surface area contributed by atoms with Crippen molar-refractivity contribution in [2.75, 3.05) is 0 Å². The van der Waals surface area contributed by atoms with Gasteiger partial charge < -0.3 is 20.4 Å². The van der Waals surface area contributed by atoms with Gasteiger partial charge in [0.1, 0.15) is 0 Å². The summed E-state index contributed by atoms with van der Waals surface area (Å²) in [7, 11) is 0. The molecular weight excluding hydrogens is 216 g/mol. The van der Waals surface area contributed by atoms with Gasteiger partial charge in [-0.1, -0.05) is 27.7 Å². The molecule has 0 saturated heterocycles. The van der Waals surface area contributed by atoms with E-state index in [2.05, 4.69) is 0 Å².